The molecule has 17 heavy (non-hydrogen) atoms. The molecule has 0 fully saturated rings. The highest BCUT2D eigenvalue weighted by Gasteiger charge is 2.34. The highest BCUT2D eigenvalue weighted by atomic mass is 31.2. The number of phosphoric acid groups is 1. The summed E-state index contributed by atoms with van der Waals surface area (Å²) in [7, 11) is -4.91. The highest BCUT2D eigenvalue weighted by Crippen LogP contribution is 2.35. The van der Waals surface area contributed by atoms with Crippen molar-refractivity contribution in [1.29, 1.82) is 0 Å². The quantitative estimate of drug-likeness (QED) is 0.179. The first-order valence-corrected chi connectivity index (χ1v) is 5.72. The van der Waals surface area contributed by atoms with Crippen LogP contribution in [0.1, 0.15) is 0 Å². The van der Waals surface area contributed by atoms with E-state index in [1.54, 1.807) is 0 Å². The zero-order valence-corrected chi connectivity index (χ0v) is 9.21. The number of aliphatic hydroxyl groups is 5. The van der Waals surface area contributed by atoms with Gasteiger partial charge in [-0.3, -0.25) is 9.32 Å². The molecule has 0 unspecified atom stereocenters. The molecule has 0 aromatic carbocycles. The van der Waals surface area contributed by atoms with Gasteiger partial charge in [0.2, 0.25) is 0 Å². The zero-order valence-electron chi connectivity index (χ0n) is 8.32. The van der Waals surface area contributed by atoms with Crippen molar-refractivity contribution in [2.75, 3.05) is 6.61 Å². The lowest BCUT2D eigenvalue weighted by molar-refractivity contribution is -0.180. The molecule has 0 aliphatic carbocycles. The van der Waals surface area contributed by atoms with E-state index < -0.39 is 44.8 Å². The minimum Gasteiger partial charge on any atom is -0.387 e. The Bertz CT molecular complexity index is 297. The summed E-state index contributed by atoms with van der Waals surface area (Å²) in [6.07, 6.45) is -9.12. The molecule has 3 atom stereocenters. The molecule has 7 N–H and O–H groups in total. The number of Topliss-reactive ketones (excluding diaryl/α,β-unsaturated/α-hetero) is 1. The lowest BCUT2D eigenvalue weighted by Crippen LogP contribution is -2.48. The van der Waals surface area contributed by atoms with Crippen molar-refractivity contribution in [1.82, 2.24) is 0 Å². The van der Waals surface area contributed by atoms with E-state index >= 15 is 0 Å². The molecular weight excluding hydrogens is 263 g/mol. The van der Waals surface area contributed by atoms with E-state index in [4.69, 9.17) is 35.3 Å². The van der Waals surface area contributed by atoms with Gasteiger partial charge in [-0.25, -0.2) is 4.57 Å². The SMILES string of the molecule is O=C(COP(=O)(O)O)[C@@H](O)[C@H](O)[C@H](O)C(O)O. The predicted molar refractivity (Wildman–Crippen MR) is 49.2 cm³/mol. The van der Waals surface area contributed by atoms with Crippen LogP contribution in [0.5, 0.6) is 0 Å². The maximum atomic E-state index is 11.0. The minimum absolute atomic E-state index is 1.21. The van der Waals surface area contributed by atoms with Gasteiger partial charge in [0.1, 0.15) is 24.9 Å². The Labute approximate surface area is 94.9 Å². The van der Waals surface area contributed by atoms with E-state index in [1.807, 2.05) is 0 Å². The molecule has 0 aromatic rings. The number of hydrogen-bond donors (Lipinski definition) is 7. The largest absolute Gasteiger partial charge is 0.470 e. The number of aliphatic hydroxyl groups excluding tert-OH is 4. The van der Waals surface area contributed by atoms with Crippen LogP contribution in [0.2, 0.25) is 0 Å². The molecule has 0 spiro atoms. The second kappa shape index (κ2) is 6.50. The summed E-state index contributed by atoms with van der Waals surface area (Å²) in [4.78, 5) is 27.5. The fourth-order valence-electron chi connectivity index (χ4n) is 0.787. The standard InChI is InChI=1S/C6H13O10P/c7-2(1-16-17(13,14)15)3(8)4(9)5(10)6(11)12/h3-6,8-12H,1H2,(H2,13,14,15)/t3-,4+,5+/m1/s1. The first-order valence-electron chi connectivity index (χ1n) is 4.19. The summed E-state index contributed by atoms with van der Waals surface area (Å²) >= 11 is 0. The summed E-state index contributed by atoms with van der Waals surface area (Å²) in [5.74, 6) is -1.35. The summed E-state index contributed by atoms with van der Waals surface area (Å²) in [5, 5.41) is 43.9. The third-order valence-corrected chi connectivity index (χ3v) is 2.15. The first kappa shape index (κ1) is 16.6. The Hall–Kier alpha value is -0.420. The Morgan fingerprint density at radius 3 is 1.88 bits per heavy atom. The molecule has 0 aliphatic rings. The first-order chi connectivity index (χ1) is 7.56. The fourth-order valence-corrected chi connectivity index (χ4v) is 1.08. The molecular formula is C6H13O10P. The van der Waals surface area contributed by atoms with Crippen LogP contribution >= 0.6 is 7.82 Å². The summed E-state index contributed by atoms with van der Waals surface area (Å²) in [6, 6.07) is 0. The lowest BCUT2D eigenvalue weighted by Gasteiger charge is -2.22. The van der Waals surface area contributed by atoms with Gasteiger partial charge in [0.05, 0.1) is 0 Å². The number of carbonyl (C=O) groups is 1. The predicted octanol–water partition coefficient (Wildman–Crippen LogP) is -3.94. The maximum absolute atomic E-state index is 11.0. The number of carbonyl (C=O) groups excluding carboxylic acids is 1. The molecule has 0 radical (unpaired) electrons. The van der Waals surface area contributed by atoms with Gasteiger partial charge in [0.25, 0.3) is 0 Å². The van der Waals surface area contributed by atoms with Crippen LogP contribution in [0, 0.1) is 0 Å². The molecule has 0 aliphatic heterocycles. The van der Waals surface area contributed by atoms with Crippen LogP contribution in [-0.4, -0.2) is 72.3 Å². The smallest absolute Gasteiger partial charge is 0.387 e. The average molecular weight is 276 g/mol. The topological polar surface area (TPSA) is 185 Å². The van der Waals surface area contributed by atoms with Crippen LogP contribution in [0.4, 0.5) is 0 Å². The molecule has 0 saturated heterocycles. The second-order valence-corrected chi connectivity index (χ2v) is 4.31. The second-order valence-electron chi connectivity index (χ2n) is 3.07. The lowest BCUT2D eigenvalue weighted by atomic mass is 10.0. The van der Waals surface area contributed by atoms with Crippen LogP contribution in [0.3, 0.4) is 0 Å². The van der Waals surface area contributed by atoms with Crippen LogP contribution < -0.4 is 0 Å². The van der Waals surface area contributed by atoms with Crippen molar-refractivity contribution in [2.45, 2.75) is 24.6 Å². The molecule has 11 heteroatoms. The van der Waals surface area contributed by atoms with Crippen molar-refractivity contribution in [3.8, 4) is 0 Å². The van der Waals surface area contributed by atoms with Crippen LogP contribution in [0.15, 0.2) is 0 Å². The highest BCUT2D eigenvalue weighted by molar-refractivity contribution is 7.46. The molecule has 0 amide bonds. The Morgan fingerprint density at radius 1 is 1.06 bits per heavy atom. The molecule has 10 nitrogen and oxygen atoms in total. The van der Waals surface area contributed by atoms with Crippen molar-refractivity contribution in [3.05, 3.63) is 0 Å². The van der Waals surface area contributed by atoms with Gasteiger partial charge in [-0.2, -0.15) is 0 Å². The van der Waals surface area contributed by atoms with E-state index in [-0.39, 0.29) is 0 Å². The fraction of sp³-hybridized carbons (Fsp3) is 0.833. The molecule has 0 bridgehead atoms. The Kier molecular flexibility index (Phi) is 6.34. The van der Waals surface area contributed by atoms with Gasteiger partial charge in [-0.15, -0.1) is 0 Å². The van der Waals surface area contributed by atoms with Gasteiger partial charge in [0.15, 0.2) is 12.1 Å². The van der Waals surface area contributed by atoms with E-state index in [9.17, 15) is 9.36 Å². The van der Waals surface area contributed by atoms with E-state index in [0.29, 0.717) is 0 Å². The van der Waals surface area contributed by atoms with E-state index in [1.165, 1.54) is 0 Å². The Balaban J connectivity index is 4.35. The summed E-state index contributed by atoms with van der Waals surface area (Å²) in [6.45, 7) is -1.21. The molecule has 0 aromatic heterocycles. The van der Waals surface area contributed by atoms with E-state index in [2.05, 4.69) is 4.52 Å². The molecule has 0 saturated carbocycles. The van der Waals surface area contributed by atoms with Crippen molar-refractivity contribution in [3.63, 3.8) is 0 Å². The number of hydrogen-bond acceptors (Lipinski definition) is 8. The Morgan fingerprint density at radius 2 is 1.53 bits per heavy atom. The molecule has 102 valence electrons. The number of phosphoric ester groups is 1. The van der Waals surface area contributed by atoms with Gasteiger partial charge in [-0.05, 0) is 0 Å². The monoisotopic (exact) mass is 276 g/mol. The van der Waals surface area contributed by atoms with Gasteiger partial charge < -0.3 is 35.3 Å². The maximum Gasteiger partial charge on any atom is 0.470 e. The van der Waals surface area contributed by atoms with Gasteiger partial charge in [0, 0.05) is 0 Å². The van der Waals surface area contributed by atoms with E-state index in [0.717, 1.165) is 0 Å². The van der Waals surface area contributed by atoms with Gasteiger partial charge in [-0.1, -0.05) is 0 Å². The van der Waals surface area contributed by atoms with Crippen LogP contribution in [0.25, 0.3) is 0 Å². The van der Waals surface area contributed by atoms with Crippen molar-refractivity contribution < 1.29 is 49.2 Å². The normalized spacial score (nSPS) is 17.9. The van der Waals surface area contributed by atoms with Crippen molar-refractivity contribution >= 4 is 13.6 Å². The third kappa shape index (κ3) is 6.17. The van der Waals surface area contributed by atoms with Gasteiger partial charge >= 0.3 is 7.82 Å². The third-order valence-electron chi connectivity index (χ3n) is 1.68. The molecule has 0 heterocycles. The van der Waals surface area contributed by atoms with Crippen LogP contribution in [-0.2, 0) is 13.9 Å². The summed E-state index contributed by atoms with van der Waals surface area (Å²) in [5.41, 5.74) is 0. The zero-order chi connectivity index (χ0) is 13.8. The van der Waals surface area contributed by atoms with Crippen molar-refractivity contribution in [2.24, 2.45) is 0 Å². The molecule has 0 rings (SSSR count). The summed E-state index contributed by atoms with van der Waals surface area (Å²) < 4.78 is 14.0. The number of ketones is 1. The minimum atomic E-state index is -4.91. The number of rotatable bonds is 7. The average Bonchev–Trinajstić information content (AvgIpc) is 2.21.